The number of carbonyl (C=O) groups excluding carboxylic acids is 3. The highest BCUT2D eigenvalue weighted by Gasteiger charge is 2.21. The lowest BCUT2D eigenvalue weighted by Gasteiger charge is -2.15. The molecule has 12 heteroatoms. The van der Waals surface area contributed by atoms with Gasteiger partial charge in [0.15, 0.2) is 5.13 Å². The lowest BCUT2D eigenvalue weighted by molar-refractivity contribution is -0.116. The van der Waals surface area contributed by atoms with Gasteiger partial charge in [0.2, 0.25) is 5.91 Å². The van der Waals surface area contributed by atoms with Gasteiger partial charge < -0.3 is 25.4 Å². The minimum atomic E-state index is -0.538. The maximum absolute atomic E-state index is 13.7. The molecule has 2 aromatic heterocycles. The molecule has 5 aromatic rings. The average molecular weight is 685 g/mol. The number of hydrogen-bond donors (Lipinski definition) is 3. The topological polar surface area (TPSA) is 119 Å². The van der Waals surface area contributed by atoms with E-state index in [-0.39, 0.29) is 11.6 Å². The summed E-state index contributed by atoms with van der Waals surface area (Å²) in [4.78, 5) is 46.3. The summed E-state index contributed by atoms with van der Waals surface area (Å²) in [6.07, 6.45) is 2.13. The number of rotatable bonds is 13. The van der Waals surface area contributed by atoms with E-state index in [2.05, 4.69) is 20.9 Å². The van der Waals surface area contributed by atoms with Crippen molar-refractivity contribution in [3.05, 3.63) is 113 Å². The van der Waals surface area contributed by atoms with Crippen LogP contribution in [0.5, 0.6) is 11.5 Å². The Balaban J connectivity index is 1.32. The Morgan fingerprint density at radius 1 is 0.915 bits per heavy atom. The van der Waals surface area contributed by atoms with Crippen molar-refractivity contribution < 1.29 is 23.9 Å². The van der Waals surface area contributed by atoms with E-state index < -0.39 is 17.1 Å². The van der Waals surface area contributed by atoms with E-state index in [4.69, 9.17) is 9.47 Å². The van der Waals surface area contributed by atoms with Gasteiger partial charge in [0.25, 0.3) is 11.8 Å². The number of thiophene rings is 1. The van der Waals surface area contributed by atoms with Crippen molar-refractivity contribution in [3.8, 4) is 22.1 Å². The van der Waals surface area contributed by atoms with E-state index in [0.29, 0.717) is 39.9 Å². The predicted molar refractivity (Wildman–Crippen MR) is 190 cm³/mol. The summed E-state index contributed by atoms with van der Waals surface area (Å²) in [7, 11) is 3.06. The molecular weight excluding hydrogens is 653 g/mol. The number of amides is 3. The Bertz CT molecular complexity index is 1870. The van der Waals surface area contributed by atoms with Crippen LogP contribution in [0.15, 0.2) is 106 Å². The highest BCUT2D eigenvalue weighted by molar-refractivity contribution is 8.00. The zero-order chi connectivity index (χ0) is 33.2. The first kappa shape index (κ1) is 33.5. The van der Waals surface area contributed by atoms with E-state index >= 15 is 0 Å². The molecule has 0 aliphatic rings. The zero-order valence-electron chi connectivity index (χ0n) is 25.8. The number of methoxy groups -OCH3 is 2. The number of ether oxygens (including phenoxy) is 2. The SMILES string of the molecule is CCC(Sc1cccc(NC(=O)/C(=C\c2ccc(OC)cc2OC)NC(=O)c2ccccc2)c1)C(=O)Nc1nc(-c2cccs2)cs1. The van der Waals surface area contributed by atoms with Crippen LogP contribution in [-0.4, -0.2) is 42.2 Å². The smallest absolute Gasteiger partial charge is 0.272 e. The van der Waals surface area contributed by atoms with Crippen molar-refractivity contribution in [3.63, 3.8) is 0 Å². The molecule has 3 amide bonds. The third kappa shape index (κ3) is 8.88. The Morgan fingerprint density at radius 3 is 2.47 bits per heavy atom. The van der Waals surface area contributed by atoms with Gasteiger partial charge in [-0.05, 0) is 66.4 Å². The number of carbonyl (C=O) groups is 3. The predicted octanol–water partition coefficient (Wildman–Crippen LogP) is 7.81. The number of benzene rings is 3. The minimum Gasteiger partial charge on any atom is -0.497 e. The van der Waals surface area contributed by atoms with Crippen molar-refractivity contribution in [2.24, 2.45) is 0 Å². The van der Waals surface area contributed by atoms with Gasteiger partial charge in [-0.1, -0.05) is 37.3 Å². The first-order valence-electron chi connectivity index (χ1n) is 14.5. The molecule has 47 heavy (non-hydrogen) atoms. The summed E-state index contributed by atoms with van der Waals surface area (Å²) in [6, 6.07) is 25.0. The van der Waals surface area contributed by atoms with Gasteiger partial charge in [-0.15, -0.1) is 34.4 Å². The highest BCUT2D eigenvalue weighted by atomic mass is 32.2. The molecule has 0 fully saturated rings. The van der Waals surface area contributed by atoms with Gasteiger partial charge in [0, 0.05) is 33.2 Å². The van der Waals surface area contributed by atoms with Gasteiger partial charge in [0.1, 0.15) is 17.2 Å². The molecule has 9 nitrogen and oxygen atoms in total. The molecule has 0 aliphatic carbocycles. The Labute approximate surface area is 285 Å². The normalized spacial score (nSPS) is 11.8. The fraction of sp³-hybridized carbons (Fsp3) is 0.143. The molecule has 3 N–H and O–H groups in total. The fourth-order valence-corrected chi connectivity index (χ4v) is 6.91. The van der Waals surface area contributed by atoms with Crippen molar-refractivity contribution >= 4 is 69.1 Å². The van der Waals surface area contributed by atoms with Crippen molar-refractivity contribution in [2.75, 3.05) is 24.9 Å². The Morgan fingerprint density at radius 2 is 1.74 bits per heavy atom. The van der Waals surface area contributed by atoms with Crippen LogP contribution in [0, 0.1) is 0 Å². The second-order valence-corrected chi connectivity index (χ2v) is 13.1. The standard InChI is InChI=1S/C35H32N4O5S3/c1-4-30(34(42)39-35-38-28(21-46-35)31-14-9-17-45-31)47-26-13-8-12-24(19-26)36-33(41)27(37-32(40)22-10-6-5-7-11-22)18-23-15-16-25(43-2)20-29(23)44-3/h5-21,30H,4H2,1-3H3,(H,36,41)(H,37,40)(H,38,39,42)/b27-18+. The van der Waals surface area contributed by atoms with E-state index in [1.165, 1.54) is 30.2 Å². The lowest BCUT2D eigenvalue weighted by atomic mass is 10.1. The van der Waals surface area contributed by atoms with Crippen molar-refractivity contribution in [1.82, 2.24) is 10.3 Å². The van der Waals surface area contributed by atoms with Gasteiger partial charge in [-0.3, -0.25) is 14.4 Å². The van der Waals surface area contributed by atoms with Crippen LogP contribution in [0.2, 0.25) is 0 Å². The maximum Gasteiger partial charge on any atom is 0.272 e. The molecule has 0 aliphatic heterocycles. The second-order valence-electron chi connectivity index (χ2n) is 9.99. The molecule has 1 atom stereocenters. The van der Waals surface area contributed by atoms with Crippen molar-refractivity contribution in [2.45, 2.75) is 23.5 Å². The number of nitrogens with zero attached hydrogens (tertiary/aromatic N) is 1. The number of thiazole rings is 1. The molecular formula is C35H32N4O5S3. The van der Waals surface area contributed by atoms with E-state index in [9.17, 15) is 14.4 Å². The summed E-state index contributed by atoms with van der Waals surface area (Å²) in [5, 5.41) is 12.7. The van der Waals surface area contributed by atoms with Gasteiger partial charge >= 0.3 is 0 Å². The van der Waals surface area contributed by atoms with Crippen LogP contribution in [0.4, 0.5) is 10.8 Å². The van der Waals surface area contributed by atoms with E-state index in [1.54, 1.807) is 91.3 Å². The first-order valence-corrected chi connectivity index (χ1v) is 17.2. The lowest BCUT2D eigenvalue weighted by Crippen LogP contribution is -2.30. The van der Waals surface area contributed by atoms with Crippen LogP contribution in [0.3, 0.4) is 0 Å². The second kappa shape index (κ2) is 16.1. The summed E-state index contributed by atoms with van der Waals surface area (Å²) < 4.78 is 10.8. The number of thioether (sulfide) groups is 1. The number of aromatic nitrogens is 1. The number of hydrogen-bond acceptors (Lipinski definition) is 9. The third-order valence-electron chi connectivity index (χ3n) is 6.81. The molecule has 0 bridgehead atoms. The van der Waals surface area contributed by atoms with E-state index in [1.807, 2.05) is 35.9 Å². The molecule has 0 spiro atoms. The molecule has 2 heterocycles. The summed E-state index contributed by atoms with van der Waals surface area (Å²) in [5.74, 6) is -0.0816. The Kier molecular flexibility index (Phi) is 11.4. The van der Waals surface area contributed by atoms with Gasteiger partial charge in [0.05, 0.1) is 30.0 Å². The Hall–Kier alpha value is -4.91. The number of nitrogens with one attached hydrogen (secondary N) is 3. The fourth-order valence-electron chi connectivity index (χ4n) is 4.42. The maximum atomic E-state index is 13.7. The van der Waals surface area contributed by atoms with Gasteiger partial charge in [-0.2, -0.15) is 0 Å². The molecule has 0 radical (unpaired) electrons. The monoisotopic (exact) mass is 684 g/mol. The zero-order valence-corrected chi connectivity index (χ0v) is 28.3. The van der Waals surface area contributed by atoms with E-state index in [0.717, 1.165) is 15.5 Å². The summed E-state index contributed by atoms with van der Waals surface area (Å²) >= 11 is 4.37. The number of anilines is 2. The summed E-state index contributed by atoms with van der Waals surface area (Å²) in [6.45, 7) is 1.95. The molecule has 5 rings (SSSR count). The van der Waals surface area contributed by atoms with Crippen LogP contribution >= 0.6 is 34.4 Å². The molecule has 3 aromatic carbocycles. The molecule has 0 saturated carbocycles. The molecule has 1 unspecified atom stereocenters. The van der Waals surface area contributed by atoms with Gasteiger partial charge in [-0.25, -0.2) is 4.98 Å². The third-order valence-corrected chi connectivity index (χ3v) is 9.82. The first-order chi connectivity index (χ1) is 22.9. The summed E-state index contributed by atoms with van der Waals surface area (Å²) in [5.41, 5.74) is 2.31. The minimum absolute atomic E-state index is 0.0107. The average Bonchev–Trinajstić information content (AvgIpc) is 3.80. The van der Waals surface area contributed by atoms with Crippen LogP contribution in [0.25, 0.3) is 16.6 Å². The largest absolute Gasteiger partial charge is 0.497 e. The molecule has 0 saturated heterocycles. The molecule has 240 valence electrons. The highest BCUT2D eigenvalue weighted by Crippen LogP contribution is 2.32. The van der Waals surface area contributed by atoms with Crippen molar-refractivity contribution in [1.29, 1.82) is 0 Å². The quantitative estimate of drug-likeness (QED) is 0.0855. The van der Waals surface area contributed by atoms with Crippen LogP contribution in [-0.2, 0) is 9.59 Å². The van der Waals surface area contributed by atoms with Crippen LogP contribution in [0.1, 0.15) is 29.3 Å². The van der Waals surface area contributed by atoms with Crippen LogP contribution < -0.4 is 25.4 Å².